The maximum absolute atomic E-state index is 11.0. The van der Waals surface area contributed by atoms with Crippen LogP contribution in [0.1, 0.15) is 13.8 Å². The molecule has 0 heterocycles. The summed E-state index contributed by atoms with van der Waals surface area (Å²) in [6, 6.07) is 8.01. The van der Waals surface area contributed by atoms with Crippen molar-refractivity contribution in [2.45, 2.75) is 19.9 Å². The SMILES string of the molecule is CC(=O)C(N=Nc1ccccc1)C(C)=O. The highest BCUT2D eigenvalue weighted by Crippen LogP contribution is 2.11. The van der Waals surface area contributed by atoms with Crippen molar-refractivity contribution in [2.75, 3.05) is 0 Å². The van der Waals surface area contributed by atoms with E-state index < -0.39 is 6.04 Å². The molecule has 15 heavy (non-hydrogen) atoms. The minimum Gasteiger partial charge on any atom is -0.297 e. The van der Waals surface area contributed by atoms with Gasteiger partial charge in [0.05, 0.1) is 5.69 Å². The van der Waals surface area contributed by atoms with Gasteiger partial charge in [0.1, 0.15) is 0 Å². The lowest BCUT2D eigenvalue weighted by Crippen LogP contribution is -2.23. The molecule has 1 aromatic rings. The normalized spacial score (nSPS) is 10.9. The van der Waals surface area contributed by atoms with E-state index in [1.165, 1.54) is 13.8 Å². The minimum atomic E-state index is -0.967. The van der Waals surface area contributed by atoms with Gasteiger partial charge < -0.3 is 0 Å². The lowest BCUT2D eigenvalue weighted by atomic mass is 10.1. The van der Waals surface area contributed by atoms with Crippen molar-refractivity contribution in [2.24, 2.45) is 10.2 Å². The second-order valence-corrected chi connectivity index (χ2v) is 3.17. The van der Waals surface area contributed by atoms with E-state index in [1.54, 1.807) is 12.1 Å². The number of hydrogen-bond donors (Lipinski definition) is 0. The van der Waals surface area contributed by atoms with Crippen LogP contribution < -0.4 is 0 Å². The van der Waals surface area contributed by atoms with Gasteiger partial charge in [0.2, 0.25) is 0 Å². The van der Waals surface area contributed by atoms with Crippen LogP contribution in [0.2, 0.25) is 0 Å². The molecular weight excluding hydrogens is 192 g/mol. The number of hydrogen-bond acceptors (Lipinski definition) is 4. The highest BCUT2D eigenvalue weighted by molar-refractivity contribution is 6.04. The fraction of sp³-hybridized carbons (Fsp3) is 0.273. The summed E-state index contributed by atoms with van der Waals surface area (Å²) in [4.78, 5) is 22.1. The molecule has 0 spiro atoms. The van der Waals surface area contributed by atoms with Crippen LogP contribution in [0.5, 0.6) is 0 Å². The van der Waals surface area contributed by atoms with Crippen molar-refractivity contribution in [1.29, 1.82) is 0 Å². The molecule has 0 unspecified atom stereocenters. The number of azo groups is 1. The molecule has 0 fully saturated rings. The topological polar surface area (TPSA) is 58.9 Å². The first-order valence-electron chi connectivity index (χ1n) is 4.58. The Kier molecular flexibility index (Phi) is 3.85. The van der Waals surface area contributed by atoms with E-state index in [9.17, 15) is 9.59 Å². The molecule has 4 heteroatoms. The highest BCUT2D eigenvalue weighted by atomic mass is 16.2. The molecule has 0 aliphatic rings. The van der Waals surface area contributed by atoms with Gasteiger partial charge in [-0.15, -0.1) is 0 Å². The van der Waals surface area contributed by atoms with Gasteiger partial charge in [0.15, 0.2) is 17.6 Å². The molecular formula is C11H12N2O2. The Morgan fingerprint density at radius 1 is 1.07 bits per heavy atom. The lowest BCUT2D eigenvalue weighted by Gasteiger charge is -2.01. The van der Waals surface area contributed by atoms with Crippen LogP contribution in [0.25, 0.3) is 0 Å². The third-order valence-electron chi connectivity index (χ3n) is 1.82. The number of benzene rings is 1. The molecule has 4 nitrogen and oxygen atoms in total. The fourth-order valence-electron chi connectivity index (χ4n) is 1.07. The van der Waals surface area contributed by atoms with E-state index in [4.69, 9.17) is 0 Å². The summed E-state index contributed by atoms with van der Waals surface area (Å²) in [7, 11) is 0. The lowest BCUT2D eigenvalue weighted by molar-refractivity contribution is -0.126. The van der Waals surface area contributed by atoms with Gasteiger partial charge in [-0.1, -0.05) is 18.2 Å². The predicted octanol–water partition coefficient (Wildman–Crippen LogP) is 2.32. The molecule has 0 bridgehead atoms. The van der Waals surface area contributed by atoms with Crippen molar-refractivity contribution in [3.8, 4) is 0 Å². The minimum absolute atomic E-state index is 0.290. The molecule has 0 saturated heterocycles. The van der Waals surface area contributed by atoms with Gasteiger partial charge in [-0.3, -0.25) is 9.59 Å². The second-order valence-electron chi connectivity index (χ2n) is 3.17. The quantitative estimate of drug-likeness (QED) is 0.558. The van der Waals surface area contributed by atoms with E-state index in [1.807, 2.05) is 18.2 Å². The zero-order valence-electron chi connectivity index (χ0n) is 8.68. The zero-order chi connectivity index (χ0) is 11.3. The van der Waals surface area contributed by atoms with Crippen LogP contribution in [0.4, 0.5) is 5.69 Å². The van der Waals surface area contributed by atoms with Crippen LogP contribution in [-0.2, 0) is 9.59 Å². The third-order valence-corrected chi connectivity index (χ3v) is 1.82. The first-order chi connectivity index (χ1) is 7.11. The molecule has 0 atom stereocenters. The Morgan fingerprint density at radius 2 is 1.60 bits per heavy atom. The molecule has 0 aromatic heterocycles. The Balaban J connectivity index is 2.79. The maximum Gasteiger partial charge on any atom is 0.187 e. The monoisotopic (exact) mass is 204 g/mol. The van der Waals surface area contributed by atoms with Gasteiger partial charge in [-0.2, -0.15) is 10.2 Å². The zero-order valence-corrected chi connectivity index (χ0v) is 8.68. The molecule has 0 aliphatic carbocycles. The van der Waals surface area contributed by atoms with Gasteiger partial charge in [0.25, 0.3) is 0 Å². The van der Waals surface area contributed by atoms with Crippen LogP contribution in [0.3, 0.4) is 0 Å². The largest absolute Gasteiger partial charge is 0.297 e. The van der Waals surface area contributed by atoms with Crippen molar-refractivity contribution in [3.63, 3.8) is 0 Å². The Bertz CT molecular complexity index is 371. The molecule has 0 N–H and O–H groups in total. The third kappa shape index (κ3) is 3.42. The van der Waals surface area contributed by atoms with E-state index in [2.05, 4.69) is 10.2 Å². The van der Waals surface area contributed by atoms with E-state index in [-0.39, 0.29) is 11.6 Å². The van der Waals surface area contributed by atoms with E-state index in [0.717, 1.165) is 0 Å². The standard InChI is InChI=1S/C11H12N2O2/c1-8(14)11(9(2)15)13-12-10-6-4-3-5-7-10/h3-7,11H,1-2H3. The smallest absolute Gasteiger partial charge is 0.187 e. The summed E-state index contributed by atoms with van der Waals surface area (Å²) in [6.07, 6.45) is 0. The summed E-state index contributed by atoms with van der Waals surface area (Å²) in [5.74, 6) is -0.579. The number of rotatable bonds is 4. The average Bonchev–Trinajstić information content (AvgIpc) is 2.18. The Labute approximate surface area is 88.0 Å². The van der Waals surface area contributed by atoms with Crippen LogP contribution in [0, 0.1) is 0 Å². The Morgan fingerprint density at radius 3 is 2.07 bits per heavy atom. The molecule has 0 aliphatic heterocycles. The summed E-state index contributed by atoms with van der Waals surface area (Å²) in [5.41, 5.74) is 0.630. The molecule has 0 saturated carbocycles. The second kappa shape index (κ2) is 5.14. The van der Waals surface area contributed by atoms with Gasteiger partial charge in [-0.05, 0) is 26.0 Å². The van der Waals surface area contributed by atoms with Crippen LogP contribution >= 0.6 is 0 Å². The molecule has 0 amide bonds. The van der Waals surface area contributed by atoms with E-state index >= 15 is 0 Å². The maximum atomic E-state index is 11.0. The number of Topliss-reactive ketones (excluding diaryl/α,β-unsaturated/α-hetero) is 2. The highest BCUT2D eigenvalue weighted by Gasteiger charge is 2.17. The van der Waals surface area contributed by atoms with Crippen LogP contribution in [0.15, 0.2) is 40.6 Å². The van der Waals surface area contributed by atoms with Gasteiger partial charge in [-0.25, -0.2) is 0 Å². The fourth-order valence-corrected chi connectivity index (χ4v) is 1.07. The van der Waals surface area contributed by atoms with Crippen molar-refractivity contribution >= 4 is 17.3 Å². The number of carbonyl (C=O) groups excluding carboxylic acids is 2. The molecule has 1 rings (SSSR count). The number of nitrogens with zero attached hydrogens (tertiary/aromatic N) is 2. The van der Waals surface area contributed by atoms with E-state index in [0.29, 0.717) is 5.69 Å². The van der Waals surface area contributed by atoms with Crippen molar-refractivity contribution in [3.05, 3.63) is 30.3 Å². The predicted molar refractivity (Wildman–Crippen MR) is 56.1 cm³/mol. The number of ketones is 2. The molecule has 1 aromatic carbocycles. The first-order valence-corrected chi connectivity index (χ1v) is 4.58. The molecule has 78 valence electrons. The Hall–Kier alpha value is -1.84. The van der Waals surface area contributed by atoms with Gasteiger partial charge in [0, 0.05) is 0 Å². The van der Waals surface area contributed by atoms with Crippen molar-refractivity contribution in [1.82, 2.24) is 0 Å². The van der Waals surface area contributed by atoms with Crippen molar-refractivity contribution < 1.29 is 9.59 Å². The summed E-state index contributed by atoms with van der Waals surface area (Å²) in [5, 5.41) is 7.55. The summed E-state index contributed by atoms with van der Waals surface area (Å²) >= 11 is 0. The summed E-state index contributed by atoms with van der Waals surface area (Å²) < 4.78 is 0. The first kappa shape index (κ1) is 11.2. The average molecular weight is 204 g/mol. The molecule has 0 radical (unpaired) electrons. The van der Waals surface area contributed by atoms with Crippen LogP contribution in [-0.4, -0.2) is 17.6 Å². The van der Waals surface area contributed by atoms with Gasteiger partial charge >= 0.3 is 0 Å². The number of carbonyl (C=O) groups is 2. The summed E-state index contributed by atoms with van der Waals surface area (Å²) in [6.45, 7) is 2.66.